The Hall–Kier alpha value is -1.40. The van der Waals surface area contributed by atoms with Gasteiger partial charge < -0.3 is 4.74 Å². The van der Waals surface area contributed by atoms with Gasteiger partial charge in [0, 0.05) is 13.5 Å². The topological polar surface area (TPSA) is 72.5 Å². The lowest BCUT2D eigenvalue weighted by atomic mass is 10.4. The van der Waals surface area contributed by atoms with Crippen LogP contribution in [0, 0.1) is 0 Å². The number of carbonyl (C=O) groups is 1. The number of rotatable bonds is 5. The number of benzene rings is 1. The maximum atomic E-state index is 11.8. The van der Waals surface area contributed by atoms with Crippen molar-refractivity contribution in [3.63, 3.8) is 0 Å². The number of hydrogen-bond acceptors (Lipinski definition) is 4. The second-order valence-electron chi connectivity index (χ2n) is 3.59. The Morgan fingerprint density at radius 1 is 1.35 bits per heavy atom. The number of ether oxygens (including phenoxy) is 1. The van der Waals surface area contributed by atoms with Crippen LogP contribution >= 0.6 is 0 Å². The zero-order valence-electron chi connectivity index (χ0n) is 9.71. The Morgan fingerprint density at radius 2 is 1.94 bits per heavy atom. The van der Waals surface area contributed by atoms with Crippen LogP contribution < -0.4 is 4.72 Å². The first-order chi connectivity index (χ1) is 7.92. The lowest BCUT2D eigenvalue weighted by Crippen LogP contribution is -2.32. The molecule has 0 aliphatic rings. The summed E-state index contributed by atoms with van der Waals surface area (Å²) < 4.78 is 30.7. The van der Waals surface area contributed by atoms with Gasteiger partial charge in [0.05, 0.1) is 4.90 Å². The number of carbonyl (C=O) groups excluding carboxylic acids is 1. The van der Waals surface area contributed by atoms with E-state index >= 15 is 0 Å². The van der Waals surface area contributed by atoms with Crippen LogP contribution in [0.4, 0.5) is 0 Å². The van der Waals surface area contributed by atoms with Gasteiger partial charge in [0.25, 0.3) is 0 Å². The van der Waals surface area contributed by atoms with Crippen LogP contribution in [-0.2, 0) is 19.6 Å². The van der Waals surface area contributed by atoms with Crippen LogP contribution in [0.5, 0.6) is 0 Å². The molecule has 0 fully saturated rings. The maximum absolute atomic E-state index is 11.8. The van der Waals surface area contributed by atoms with Gasteiger partial charge in [-0.05, 0) is 19.1 Å². The van der Waals surface area contributed by atoms with Crippen molar-refractivity contribution in [1.29, 1.82) is 0 Å². The molecule has 0 aromatic heterocycles. The minimum atomic E-state index is -3.53. The molecule has 94 valence electrons. The Kier molecular flexibility index (Phi) is 4.65. The van der Waals surface area contributed by atoms with Crippen LogP contribution in [0.15, 0.2) is 35.2 Å². The summed E-state index contributed by atoms with van der Waals surface area (Å²) in [6.07, 6.45) is -0.494. The fourth-order valence-corrected chi connectivity index (χ4v) is 2.37. The quantitative estimate of drug-likeness (QED) is 0.796. The normalized spacial score (nSPS) is 13.1. The average Bonchev–Trinajstić information content (AvgIpc) is 2.27. The van der Waals surface area contributed by atoms with Crippen LogP contribution in [0.25, 0.3) is 0 Å². The van der Waals surface area contributed by atoms with E-state index in [-0.39, 0.29) is 11.4 Å². The largest absolute Gasteiger partial charge is 0.461 e. The van der Waals surface area contributed by atoms with Gasteiger partial charge in [0.2, 0.25) is 10.0 Å². The lowest BCUT2D eigenvalue weighted by Gasteiger charge is -2.12. The number of esters is 1. The minimum Gasteiger partial charge on any atom is -0.461 e. The van der Waals surface area contributed by atoms with E-state index in [9.17, 15) is 13.2 Å². The third-order valence-corrected chi connectivity index (χ3v) is 3.42. The monoisotopic (exact) mass is 257 g/mol. The predicted octanol–water partition coefficient (Wildman–Crippen LogP) is 0.916. The fourth-order valence-electron chi connectivity index (χ4n) is 1.24. The Balaban J connectivity index is 2.60. The van der Waals surface area contributed by atoms with E-state index in [1.165, 1.54) is 19.1 Å². The van der Waals surface area contributed by atoms with Gasteiger partial charge in [0.1, 0.15) is 6.10 Å². The molecule has 17 heavy (non-hydrogen) atoms. The molecule has 0 radical (unpaired) electrons. The third-order valence-electron chi connectivity index (χ3n) is 1.98. The summed E-state index contributed by atoms with van der Waals surface area (Å²) in [7, 11) is -3.53. The van der Waals surface area contributed by atoms with Crippen LogP contribution in [0.3, 0.4) is 0 Å². The second-order valence-corrected chi connectivity index (χ2v) is 5.35. The first-order valence-corrected chi connectivity index (χ1v) is 6.62. The molecule has 0 aliphatic heterocycles. The molecule has 1 N–H and O–H groups in total. The number of nitrogens with one attached hydrogen (secondary N) is 1. The minimum absolute atomic E-state index is 0.0524. The van der Waals surface area contributed by atoms with Crippen molar-refractivity contribution in [3.8, 4) is 0 Å². The molecular weight excluding hydrogens is 242 g/mol. The summed E-state index contributed by atoms with van der Waals surface area (Å²) in [4.78, 5) is 10.8. The molecule has 1 atom stereocenters. The molecule has 0 aliphatic carbocycles. The summed E-state index contributed by atoms with van der Waals surface area (Å²) in [5, 5.41) is 0. The van der Waals surface area contributed by atoms with Gasteiger partial charge in [-0.2, -0.15) is 0 Å². The van der Waals surface area contributed by atoms with Gasteiger partial charge in [0.15, 0.2) is 0 Å². The van der Waals surface area contributed by atoms with E-state index in [4.69, 9.17) is 4.74 Å². The summed E-state index contributed by atoms with van der Waals surface area (Å²) in [6.45, 7) is 2.95. The van der Waals surface area contributed by atoms with E-state index in [1.807, 2.05) is 0 Å². The number of hydrogen-bond donors (Lipinski definition) is 1. The molecule has 0 bridgehead atoms. The van der Waals surface area contributed by atoms with E-state index < -0.39 is 22.1 Å². The highest BCUT2D eigenvalue weighted by Gasteiger charge is 2.15. The van der Waals surface area contributed by atoms with E-state index in [1.54, 1.807) is 25.1 Å². The molecule has 6 heteroatoms. The molecule has 0 amide bonds. The smallest absolute Gasteiger partial charge is 0.302 e. The highest BCUT2D eigenvalue weighted by atomic mass is 32.2. The van der Waals surface area contributed by atoms with Crippen LogP contribution in [0.2, 0.25) is 0 Å². The van der Waals surface area contributed by atoms with Crippen molar-refractivity contribution in [2.75, 3.05) is 6.54 Å². The van der Waals surface area contributed by atoms with Crippen molar-refractivity contribution in [1.82, 2.24) is 4.72 Å². The van der Waals surface area contributed by atoms with Gasteiger partial charge in [-0.3, -0.25) is 4.79 Å². The van der Waals surface area contributed by atoms with Gasteiger partial charge in [-0.15, -0.1) is 0 Å². The van der Waals surface area contributed by atoms with Gasteiger partial charge in [-0.1, -0.05) is 18.2 Å². The molecule has 0 spiro atoms. The summed E-state index contributed by atoms with van der Waals surface area (Å²) in [5.41, 5.74) is 0. The molecule has 0 unspecified atom stereocenters. The summed E-state index contributed by atoms with van der Waals surface area (Å²) in [5.74, 6) is -0.434. The van der Waals surface area contributed by atoms with Crippen LogP contribution in [-0.4, -0.2) is 27.0 Å². The van der Waals surface area contributed by atoms with E-state index in [0.29, 0.717) is 0 Å². The first kappa shape index (κ1) is 13.7. The third kappa shape index (κ3) is 4.54. The second kappa shape index (κ2) is 5.79. The van der Waals surface area contributed by atoms with E-state index in [2.05, 4.69) is 4.72 Å². The highest BCUT2D eigenvalue weighted by Crippen LogP contribution is 2.07. The zero-order chi connectivity index (χ0) is 12.9. The number of sulfonamides is 1. The molecular formula is C11H15NO4S. The fraction of sp³-hybridized carbons (Fsp3) is 0.364. The molecule has 5 nitrogen and oxygen atoms in total. The van der Waals surface area contributed by atoms with Crippen molar-refractivity contribution in [2.24, 2.45) is 0 Å². The van der Waals surface area contributed by atoms with Gasteiger partial charge >= 0.3 is 5.97 Å². The lowest BCUT2D eigenvalue weighted by molar-refractivity contribution is -0.145. The predicted molar refractivity (Wildman–Crippen MR) is 62.9 cm³/mol. The van der Waals surface area contributed by atoms with Crippen LogP contribution in [0.1, 0.15) is 13.8 Å². The van der Waals surface area contributed by atoms with Crippen molar-refractivity contribution < 1.29 is 17.9 Å². The Labute approximate surface area is 101 Å². The standard InChI is InChI=1S/C11H15NO4S/c1-9(16-10(2)13)8-12-17(14,15)11-6-4-3-5-7-11/h3-7,9,12H,8H2,1-2H3/t9-/m0/s1. The van der Waals surface area contributed by atoms with Gasteiger partial charge in [-0.25, -0.2) is 13.1 Å². The molecule has 1 aromatic rings. The maximum Gasteiger partial charge on any atom is 0.302 e. The Morgan fingerprint density at radius 3 is 2.47 bits per heavy atom. The summed E-state index contributed by atoms with van der Waals surface area (Å²) in [6, 6.07) is 8.02. The van der Waals surface area contributed by atoms with E-state index in [0.717, 1.165) is 0 Å². The molecule has 1 rings (SSSR count). The van der Waals surface area contributed by atoms with Crippen molar-refractivity contribution >= 4 is 16.0 Å². The molecule has 0 heterocycles. The Bertz CT molecular complexity index is 470. The first-order valence-electron chi connectivity index (χ1n) is 5.14. The molecule has 0 saturated heterocycles. The molecule has 0 saturated carbocycles. The summed E-state index contributed by atoms with van der Waals surface area (Å²) >= 11 is 0. The zero-order valence-corrected chi connectivity index (χ0v) is 10.5. The molecule has 1 aromatic carbocycles. The van der Waals surface area contributed by atoms with Crippen molar-refractivity contribution in [2.45, 2.75) is 24.8 Å². The average molecular weight is 257 g/mol. The highest BCUT2D eigenvalue weighted by molar-refractivity contribution is 7.89. The van der Waals surface area contributed by atoms with Crippen molar-refractivity contribution in [3.05, 3.63) is 30.3 Å². The SMILES string of the molecule is CC(=O)O[C@@H](C)CNS(=O)(=O)c1ccccc1.